The Morgan fingerprint density at radius 2 is 1.83 bits per heavy atom. The van der Waals surface area contributed by atoms with Crippen LogP contribution in [0.15, 0.2) is 78.9 Å². The molecule has 0 radical (unpaired) electrons. The lowest BCUT2D eigenvalue weighted by Gasteiger charge is -2.22. The molecule has 0 aliphatic carbocycles. The number of hydrogen-bond acceptors (Lipinski definition) is 5. The van der Waals surface area contributed by atoms with Crippen molar-refractivity contribution in [3.8, 4) is 0 Å². The number of aromatic amines is 1. The van der Waals surface area contributed by atoms with Crippen LogP contribution in [0.3, 0.4) is 0 Å². The van der Waals surface area contributed by atoms with Crippen LogP contribution in [-0.4, -0.2) is 32.2 Å². The number of nitrogens with zero attached hydrogens (tertiary/aromatic N) is 5. The molecule has 6 rings (SSSR count). The Kier molecular flexibility index (Phi) is 5.77. The van der Waals surface area contributed by atoms with Gasteiger partial charge >= 0.3 is 0 Å². The predicted molar refractivity (Wildman–Crippen MR) is 140 cm³/mol. The molecule has 35 heavy (non-hydrogen) atoms. The smallest absolute Gasteiger partial charge is 0.174 e. The molecule has 0 saturated carbocycles. The van der Waals surface area contributed by atoms with E-state index in [-0.39, 0.29) is 0 Å². The lowest BCUT2D eigenvalue weighted by atomic mass is 10.0. The standard InChI is InChI=1S/C29H26N6/c1-2-10-27-23(7-1)12-15-26(30-27)14-11-21-5-3-6-22(19-21)20-35-18-17-25-9-4-8-24(29(25)35)13-16-28-31-33-34-32-28/h1-12,14-15,19H,13,16-18,20H2,(H,31,32,33,34). The number of para-hydroxylation sites is 2. The maximum absolute atomic E-state index is 4.76. The summed E-state index contributed by atoms with van der Waals surface area (Å²) >= 11 is 0. The van der Waals surface area contributed by atoms with E-state index in [0.717, 1.165) is 54.8 Å². The number of aromatic nitrogens is 5. The van der Waals surface area contributed by atoms with Crippen LogP contribution in [0.2, 0.25) is 0 Å². The van der Waals surface area contributed by atoms with Crippen molar-refractivity contribution in [1.82, 2.24) is 25.6 Å². The number of anilines is 1. The summed E-state index contributed by atoms with van der Waals surface area (Å²) in [6, 6.07) is 27.8. The van der Waals surface area contributed by atoms with Gasteiger partial charge in [0, 0.05) is 30.6 Å². The van der Waals surface area contributed by atoms with E-state index < -0.39 is 0 Å². The lowest BCUT2D eigenvalue weighted by Crippen LogP contribution is -2.21. The quantitative estimate of drug-likeness (QED) is 0.360. The van der Waals surface area contributed by atoms with E-state index in [1.165, 1.54) is 27.9 Å². The second-order valence-corrected chi connectivity index (χ2v) is 8.93. The number of aryl methyl sites for hydroxylation is 2. The number of H-pyrrole nitrogens is 1. The zero-order chi connectivity index (χ0) is 23.5. The van der Waals surface area contributed by atoms with Crippen molar-refractivity contribution < 1.29 is 0 Å². The fraction of sp³-hybridized carbons (Fsp3) is 0.172. The largest absolute Gasteiger partial charge is 0.366 e. The van der Waals surface area contributed by atoms with Crippen LogP contribution in [0.5, 0.6) is 0 Å². The van der Waals surface area contributed by atoms with Crippen molar-refractivity contribution >= 4 is 28.7 Å². The van der Waals surface area contributed by atoms with Crippen molar-refractivity contribution in [3.63, 3.8) is 0 Å². The van der Waals surface area contributed by atoms with Gasteiger partial charge in [0.15, 0.2) is 5.82 Å². The zero-order valence-corrected chi connectivity index (χ0v) is 19.4. The number of pyridine rings is 1. The molecule has 0 spiro atoms. The average molecular weight is 459 g/mol. The van der Waals surface area contributed by atoms with Crippen LogP contribution in [0.1, 0.15) is 33.8 Å². The summed E-state index contributed by atoms with van der Waals surface area (Å²) < 4.78 is 0. The highest BCUT2D eigenvalue weighted by Crippen LogP contribution is 2.34. The summed E-state index contributed by atoms with van der Waals surface area (Å²) in [5, 5.41) is 15.6. The highest BCUT2D eigenvalue weighted by molar-refractivity contribution is 5.80. The maximum Gasteiger partial charge on any atom is 0.174 e. The van der Waals surface area contributed by atoms with Gasteiger partial charge in [-0.2, -0.15) is 5.21 Å². The Balaban J connectivity index is 1.19. The van der Waals surface area contributed by atoms with Gasteiger partial charge in [-0.1, -0.05) is 72.0 Å². The molecular weight excluding hydrogens is 432 g/mol. The number of benzene rings is 3. The minimum absolute atomic E-state index is 0.757. The molecule has 0 bridgehead atoms. The summed E-state index contributed by atoms with van der Waals surface area (Å²) in [4.78, 5) is 7.27. The third-order valence-electron chi connectivity index (χ3n) is 6.57. The Hall–Kier alpha value is -4.32. The molecule has 1 aliphatic rings. The highest BCUT2D eigenvalue weighted by Gasteiger charge is 2.22. The Morgan fingerprint density at radius 3 is 2.77 bits per heavy atom. The number of tetrazole rings is 1. The van der Waals surface area contributed by atoms with Crippen molar-refractivity contribution in [2.24, 2.45) is 0 Å². The minimum atomic E-state index is 0.757. The van der Waals surface area contributed by atoms with E-state index >= 15 is 0 Å². The predicted octanol–water partition coefficient (Wildman–Crippen LogP) is 5.27. The van der Waals surface area contributed by atoms with Gasteiger partial charge in [0.25, 0.3) is 0 Å². The normalized spacial score (nSPS) is 13.1. The molecular formula is C29H26N6. The second-order valence-electron chi connectivity index (χ2n) is 8.93. The topological polar surface area (TPSA) is 70.6 Å². The average Bonchev–Trinajstić information content (AvgIpc) is 3.57. The Bertz CT molecular complexity index is 1490. The van der Waals surface area contributed by atoms with E-state index in [4.69, 9.17) is 4.98 Å². The summed E-state index contributed by atoms with van der Waals surface area (Å²) in [7, 11) is 0. The van der Waals surface area contributed by atoms with Crippen molar-refractivity contribution in [3.05, 3.63) is 113 Å². The molecule has 3 aromatic carbocycles. The fourth-order valence-electron chi connectivity index (χ4n) is 4.89. The molecule has 1 N–H and O–H groups in total. The van der Waals surface area contributed by atoms with Gasteiger partial charge in [-0.05, 0) is 59.4 Å². The molecule has 3 heterocycles. The van der Waals surface area contributed by atoms with E-state index in [1.807, 2.05) is 12.1 Å². The third-order valence-corrected chi connectivity index (χ3v) is 6.57. The summed E-state index contributed by atoms with van der Waals surface area (Å²) in [6.45, 7) is 1.93. The summed E-state index contributed by atoms with van der Waals surface area (Å²) in [6.07, 6.45) is 7.00. The molecule has 0 fully saturated rings. The first kappa shape index (κ1) is 21.2. The number of nitrogens with one attached hydrogen (secondary N) is 1. The number of rotatable bonds is 7. The first-order valence-corrected chi connectivity index (χ1v) is 12.0. The molecule has 0 atom stereocenters. The van der Waals surface area contributed by atoms with Crippen molar-refractivity contribution in [1.29, 1.82) is 0 Å². The fourth-order valence-corrected chi connectivity index (χ4v) is 4.89. The molecule has 0 unspecified atom stereocenters. The molecule has 172 valence electrons. The third kappa shape index (κ3) is 4.68. The van der Waals surface area contributed by atoms with Crippen LogP contribution >= 0.6 is 0 Å². The van der Waals surface area contributed by atoms with Gasteiger partial charge in [-0.25, -0.2) is 4.98 Å². The molecule has 0 saturated heterocycles. The number of fused-ring (bicyclic) bond motifs is 2. The molecule has 1 aliphatic heterocycles. The van der Waals surface area contributed by atoms with Gasteiger partial charge in [-0.15, -0.1) is 10.2 Å². The van der Waals surface area contributed by atoms with Crippen LogP contribution in [0, 0.1) is 0 Å². The van der Waals surface area contributed by atoms with Gasteiger partial charge in [-0.3, -0.25) is 0 Å². The first-order chi connectivity index (χ1) is 17.3. The summed E-state index contributed by atoms with van der Waals surface area (Å²) in [5.41, 5.74) is 8.62. The van der Waals surface area contributed by atoms with Crippen LogP contribution in [0.25, 0.3) is 23.1 Å². The van der Waals surface area contributed by atoms with Crippen molar-refractivity contribution in [2.75, 3.05) is 11.4 Å². The SMILES string of the molecule is C(=Cc1ccc2ccccc2n1)c1cccc(CN2CCc3cccc(CCc4nn[nH]n4)c32)c1. The van der Waals surface area contributed by atoms with Crippen molar-refractivity contribution in [2.45, 2.75) is 25.8 Å². The molecule has 6 nitrogen and oxygen atoms in total. The van der Waals surface area contributed by atoms with Gasteiger partial charge in [0.1, 0.15) is 0 Å². The molecule has 5 aromatic rings. The monoisotopic (exact) mass is 458 g/mol. The minimum Gasteiger partial charge on any atom is -0.366 e. The molecule has 6 heteroatoms. The number of hydrogen-bond donors (Lipinski definition) is 1. The van der Waals surface area contributed by atoms with E-state index in [0.29, 0.717) is 0 Å². The zero-order valence-electron chi connectivity index (χ0n) is 19.4. The van der Waals surface area contributed by atoms with Crippen LogP contribution in [0.4, 0.5) is 5.69 Å². The van der Waals surface area contributed by atoms with Gasteiger partial charge in [0.2, 0.25) is 0 Å². The van der Waals surface area contributed by atoms with E-state index in [1.54, 1.807) is 0 Å². The Morgan fingerprint density at radius 1 is 0.886 bits per heavy atom. The lowest BCUT2D eigenvalue weighted by molar-refractivity contribution is 0.819. The molecule has 2 aromatic heterocycles. The van der Waals surface area contributed by atoms with E-state index in [2.05, 4.69) is 104 Å². The maximum atomic E-state index is 4.76. The summed E-state index contributed by atoms with van der Waals surface area (Å²) in [5.74, 6) is 0.757. The van der Waals surface area contributed by atoms with Crippen LogP contribution in [-0.2, 0) is 25.8 Å². The highest BCUT2D eigenvalue weighted by atomic mass is 15.5. The van der Waals surface area contributed by atoms with Crippen LogP contribution < -0.4 is 4.90 Å². The second kappa shape index (κ2) is 9.50. The van der Waals surface area contributed by atoms with Gasteiger partial charge in [0.05, 0.1) is 11.2 Å². The van der Waals surface area contributed by atoms with E-state index in [9.17, 15) is 0 Å². The molecule has 0 amide bonds. The Labute approximate surface area is 204 Å². The first-order valence-electron chi connectivity index (χ1n) is 12.0. The van der Waals surface area contributed by atoms with Gasteiger partial charge < -0.3 is 4.90 Å².